The topological polar surface area (TPSA) is 79.3 Å². The maximum Gasteiger partial charge on any atom is 0.288 e. The Balaban J connectivity index is 2.10. The molecule has 0 spiro atoms. The van der Waals surface area contributed by atoms with Gasteiger partial charge in [0, 0.05) is 35.0 Å². The number of aryl methyl sites for hydroxylation is 3. The molecule has 0 fully saturated rings. The second kappa shape index (κ2) is 8.84. The number of aliphatic hydroxyl groups excluding tert-OH is 1. The van der Waals surface area contributed by atoms with Crippen molar-refractivity contribution in [2.24, 2.45) is 0 Å². The third-order valence-electron chi connectivity index (χ3n) is 4.86. The molecule has 7 heteroatoms. The van der Waals surface area contributed by atoms with Crippen molar-refractivity contribution in [1.82, 2.24) is 0 Å². The van der Waals surface area contributed by atoms with Crippen LogP contribution in [0.2, 0.25) is 0 Å². The number of aromatic nitrogens is 1. The fourth-order valence-corrected chi connectivity index (χ4v) is 3.31. The summed E-state index contributed by atoms with van der Waals surface area (Å²) in [5.74, 6) is -0.157. The SMILES string of the molecule is Cc1ccc(NC(=S)C(=C(O)c2ccc(C)c([N+](=O)[O-])c2)[n+]2ccccc2)cc1C. The van der Waals surface area contributed by atoms with Crippen LogP contribution in [0.15, 0.2) is 67.0 Å². The Bertz CT molecular complexity index is 1160. The van der Waals surface area contributed by atoms with E-state index < -0.39 is 4.92 Å². The number of nitrogens with zero attached hydrogens (tertiary/aromatic N) is 2. The van der Waals surface area contributed by atoms with E-state index in [4.69, 9.17) is 12.2 Å². The average molecular weight is 421 g/mol. The van der Waals surface area contributed by atoms with Gasteiger partial charge in [-0.1, -0.05) is 36.5 Å². The van der Waals surface area contributed by atoms with Crippen molar-refractivity contribution in [3.8, 4) is 0 Å². The fourth-order valence-electron chi connectivity index (χ4n) is 2.99. The summed E-state index contributed by atoms with van der Waals surface area (Å²) in [6, 6.07) is 15.9. The number of nitrogens with one attached hydrogen (secondary N) is 1. The molecule has 0 aliphatic rings. The van der Waals surface area contributed by atoms with Gasteiger partial charge < -0.3 is 10.4 Å². The Kier molecular flexibility index (Phi) is 6.23. The third kappa shape index (κ3) is 4.52. The summed E-state index contributed by atoms with van der Waals surface area (Å²) < 4.78 is 1.68. The highest BCUT2D eigenvalue weighted by molar-refractivity contribution is 7.81. The highest BCUT2D eigenvalue weighted by Gasteiger charge is 2.25. The monoisotopic (exact) mass is 420 g/mol. The maximum absolute atomic E-state index is 11.3. The van der Waals surface area contributed by atoms with Crippen LogP contribution in [0.25, 0.3) is 11.5 Å². The van der Waals surface area contributed by atoms with E-state index >= 15 is 0 Å². The number of hydrogen-bond acceptors (Lipinski definition) is 4. The van der Waals surface area contributed by atoms with Gasteiger partial charge in [0.05, 0.1) is 4.92 Å². The van der Waals surface area contributed by atoms with Crippen molar-refractivity contribution in [3.63, 3.8) is 0 Å². The fraction of sp³-hybridized carbons (Fsp3) is 0.130. The number of nitro groups is 1. The summed E-state index contributed by atoms with van der Waals surface area (Å²) in [4.78, 5) is 11.2. The van der Waals surface area contributed by atoms with Gasteiger partial charge in [-0.2, -0.15) is 4.57 Å². The minimum absolute atomic E-state index is 0.0653. The molecule has 0 unspecified atom stereocenters. The maximum atomic E-state index is 11.3. The largest absolute Gasteiger partial charge is 0.502 e. The molecule has 0 saturated heterocycles. The summed E-state index contributed by atoms with van der Waals surface area (Å²) in [5.41, 5.74) is 4.14. The summed E-state index contributed by atoms with van der Waals surface area (Å²) in [7, 11) is 0. The van der Waals surface area contributed by atoms with Crippen LogP contribution in [0.4, 0.5) is 11.4 Å². The lowest BCUT2D eigenvalue weighted by Gasteiger charge is -2.11. The Morgan fingerprint density at radius 2 is 1.67 bits per heavy atom. The smallest absolute Gasteiger partial charge is 0.288 e. The molecule has 2 aromatic carbocycles. The predicted molar refractivity (Wildman–Crippen MR) is 122 cm³/mol. The number of benzene rings is 2. The van der Waals surface area contributed by atoms with Crippen LogP contribution in [0.3, 0.4) is 0 Å². The molecule has 0 saturated carbocycles. The lowest BCUT2D eigenvalue weighted by atomic mass is 10.1. The lowest BCUT2D eigenvalue weighted by molar-refractivity contribution is -0.575. The number of thiocarbonyl (C=S) groups is 1. The van der Waals surface area contributed by atoms with Gasteiger partial charge in [0.15, 0.2) is 23.1 Å². The molecule has 3 rings (SSSR count). The van der Waals surface area contributed by atoms with Crippen LogP contribution >= 0.6 is 12.2 Å². The minimum atomic E-state index is -0.465. The zero-order chi connectivity index (χ0) is 21.8. The van der Waals surface area contributed by atoms with Crippen LogP contribution in [-0.4, -0.2) is 15.0 Å². The Morgan fingerprint density at radius 1 is 1.00 bits per heavy atom. The molecule has 0 bridgehead atoms. The average Bonchev–Trinajstić information content (AvgIpc) is 2.71. The number of pyridine rings is 1. The second-order valence-corrected chi connectivity index (χ2v) is 7.40. The van der Waals surface area contributed by atoms with E-state index in [0.29, 0.717) is 16.8 Å². The molecule has 6 nitrogen and oxygen atoms in total. The summed E-state index contributed by atoms with van der Waals surface area (Å²) in [6.45, 7) is 5.69. The Labute approximate surface area is 180 Å². The van der Waals surface area contributed by atoms with E-state index in [-0.39, 0.29) is 16.4 Å². The zero-order valence-corrected chi connectivity index (χ0v) is 17.7. The first-order valence-electron chi connectivity index (χ1n) is 9.32. The van der Waals surface area contributed by atoms with Crippen LogP contribution < -0.4 is 9.88 Å². The molecule has 0 amide bonds. The number of rotatable bonds is 5. The highest BCUT2D eigenvalue weighted by Crippen LogP contribution is 2.26. The van der Waals surface area contributed by atoms with Gasteiger partial charge >= 0.3 is 0 Å². The number of hydrogen-bond donors (Lipinski definition) is 2. The van der Waals surface area contributed by atoms with E-state index in [1.807, 2.05) is 50.2 Å². The molecular weight excluding hydrogens is 398 g/mol. The van der Waals surface area contributed by atoms with Crippen LogP contribution in [-0.2, 0) is 0 Å². The Hall–Kier alpha value is -3.58. The van der Waals surface area contributed by atoms with Gasteiger partial charge in [-0.3, -0.25) is 10.1 Å². The first kappa shape index (κ1) is 21.1. The number of aliphatic hydroxyl groups is 1. The van der Waals surface area contributed by atoms with Gasteiger partial charge in [0.2, 0.25) is 0 Å². The molecule has 1 heterocycles. The lowest BCUT2D eigenvalue weighted by Crippen LogP contribution is -2.38. The van der Waals surface area contributed by atoms with Crippen LogP contribution in [0.1, 0.15) is 22.3 Å². The first-order valence-corrected chi connectivity index (χ1v) is 9.72. The molecule has 0 atom stereocenters. The van der Waals surface area contributed by atoms with E-state index in [0.717, 1.165) is 16.8 Å². The van der Waals surface area contributed by atoms with E-state index in [9.17, 15) is 15.2 Å². The van der Waals surface area contributed by atoms with E-state index in [1.165, 1.54) is 6.07 Å². The van der Waals surface area contributed by atoms with Gasteiger partial charge in [0.1, 0.15) is 0 Å². The standard InChI is InChI=1S/C23H21N3O3S/c1-15-8-10-19(13-17(15)3)24-23(30)21(25-11-5-4-6-12-25)22(27)18-9-7-16(2)20(14-18)26(28)29/h4-14H,1-3H3,(H-,24,27,30)/p+1. The van der Waals surface area contributed by atoms with Crippen molar-refractivity contribution >= 4 is 40.0 Å². The van der Waals surface area contributed by atoms with E-state index in [2.05, 4.69) is 5.32 Å². The molecule has 3 aromatic rings. The van der Waals surface area contributed by atoms with E-state index in [1.54, 1.807) is 36.0 Å². The normalized spacial score (nSPS) is 11.6. The van der Waals surface area contributed by atoms with Gasteiger partial charge in [-0.25, -0.2) is 0 Å². The van der Waals surface area contributed by atoms with Crippen molar-refractivity contribution in [2.45, 2.75) is 20.8 Å². The highest BCUT2D eigenvalue weighted by atomic mass is 32.1. The molecule has 0 radical (unpaired) electrons. The summed E-state index contributed by atoms with van der Waals surface area (Å²) in [6.07, 6.45) is 3.51. The number of anilines is 1. The van der Waals surface area contributed by atoms with Crippen molar-refractivity contribution in [3.05, 3.63) is 99.4 Å². The molecular formula is C23H22N3O3S+. The van der Waals surface area contributed by atoms with Gasteiger partial charge in [0.25, 0.3) is 11.4 Å². The molecule has 1 aromatic heterocycles. The number of nitro benzene ring substituents is 1. The quantitative estimate of drug-likeness (QED) is 0.149. The molecule has 2 N–H and O–H groups in total. The van der Waals surface area contributed by atoms with Gasteiger partial charge in [-0.15, -0.1) is 0 Å². The van der Waals surface area contributed by atoms with Crippen molar-refractivity contribution in [2.75, 3.05) is 5.32 Å². The van der Waals surface area contributed by atoms with Crippen LogP contribution in [0.5, 0.6) is 0 Å². The Morgan fingerprint density at radius 3 is 2.30 bits per heavy atom. The summed E-state index contributed by atoms with van der Waals surface area (Å²) in [5, 5.41) is 25.6. The van der Waals surface area contributed by atoms with Gasteiger partial charge in [-0.05, 0) is 44.0 Å². The molecule has 152 valence electrons. The second-order valence-electron chi connectivity index (χ2n) is 6.99. The summed E-state index contributed by atoms with van der Waals surface area (Å²) >= 11 is 5.62. The molecule has 30 heavy (non-hydrogen) atoms. The van der Waals surface area contributed by atoms with Crippen LogP contribution in [0, 0.1) is 30.9 Å². The zero-order valence-electron chi connectivity index (χ0n) is 16.9. The molecule has 0 aliphatic carbocycles. The molecule has 0 aliphatic heterocycles. The predicted octanol–water partition coefficient (Wildman–Crippen LogP) is 5.13. The first-order chi connectivity index (χ1) is 14.3. The van der Waals surface area contributed by atoms with Crippen molar-refractivity contribution in [1.29, 1.82) is 0 Å². The van der Waals surface area contributed by atoms with Crippen molar-refractivity contribution < 1.29 is 14.6 Å². The minimum Gasteiger partial charge on any atom is -0.502 e. The third-order valence-corrected chi connectivity index (χ3v) is 5.15.